The normalized spacial score (nSPS) is 18.0. The van der Waals surface area contributed by atoms with E-state index in [1.165, 1.54) is 6.07 Å². The summed E-state index contributed by atoms with van der Waals surface area (Å²) in [6.45, 7) is 1.77. The van der Waals surface area contributed by atoms with Crippen molar-refractivity contribution in [1.82, 2.24) is 4.90 Å². The van der Waals surface area contributed by atoms with Gasteiger partial charge in [0.15, 0.2) is 5.75 Å². The van der Waals surface area contributed by atoms with Crippen LogP contribution in [0.5, 0.6) is 5.75 Å². The minimum Gasteiger partial charge on any atom is -0.502 e. The molecule has 3 N–H and O–H groups in total. The number of hydrogen-bond donors (Lipinski definition) is 2. The number of carbonyl (C=O) groups is 1. The highest BCUT2D eigenvalue weighted by atomic mass is 35.5. The number of nitrogens with two attached hydrogens (primary N) is 1. The molecule has 1 aliphatic heterocycles. The summed E-state index contributed by atoms with van der Waals surface area (Å²) in [5.74, 6) is -0.430. The van der Waals surface area contributed by atoms with Crippen molar-refractivity contribution < 1.29 is 14.8 Å². The average Bonchev–Trinajstić information content (AvgIpc) is 2.46. The third-order valence-corrected chi connectivity index (χ3v) is 3.56. The number of piperidine rings is 1. The third-order valence-electron chi connectivity index (χ3n) is 3.56. The van der Waals surface area contributed by atoms with E-state index in [1.807, 2.05) is 0 Å². The summed E-state index contributed by atoms with van der Waals surface area (Å²) < 4.78 is 0. The van der Waals surface area contributed by atoms with Crippen LogP contribution in [0.25, 0.3) is 0 Å². The summed E-state index contributed by atoms with van der Waals surface area (Å²) in [6, 6.07) is 3.66. The highest BCUT2D eigenvalue weighted by Crippen LogP contribution is 2.27. The van der Waals surface area contributed by atoms with Crippen LogP contribution in [0.1, 0.15) is 23.2 Å². The topological polar surface area (TPSA) is 110 Å². The Hall–Kier alpha value is -1.86. The van der Waals surface area contributed by atoms with Crippen molar-refractivity contribution in [1.29, 1.82) is 0 Å². The number of amides is 1. The summed E-state index contributed by atoms with van der Waals surface area (Å²) in [5, 5.41) is 20.2. The van der Waals surface area contributed by atoms with Crippen LogP contribution in [0.15, 0.2) is 18.2 Å². The molecular formula is C13H18ClN3O4. The number of halogens is 1. The molecule has 1 aliphatic rings. The van der Waals surface area contributed by atoms with E-state index < -0.39 is 16.4 Å². The van der Waals surface area contributed by atoms with Gasteiger partial charge in [-0.1, -0.05) is 0 Å². The van der Waals surface area contributed by atoms with Crippen molar-refractivity contribution in [2.45, 2.75) is 12.8 Å². The molecule has 2 rings (SSSR count). The van der Waals surface area contributed by atoms with Crippen LogP contribution in [-0.2, 0) is 0 Å². The van der Waals surface area contributed by atoms with Gasteiger partial charge < -0.3 is 15.7 Å². The largest absolute Gasteiger partial charge is 0.502 e. The van der Waals surface area contributed by atoms with Gasteiger partial charge in [-0.15, -0.1) is 12.4 Å². The van der Waals surface area contributed by atoms with Gasteiger partial charge in [-0.05, 0) is 37.4 Å². The summed E-state index contributed by atoms with van der Waals surface area (Å²) >= 11 is 0. The van der Waals surface area contributed by atoms with E-state index in [4.69, 9.17) is 5.73 Å². The van der Waals surface area contributed by atoms with E-state index in [9.17, 15) is 20.0 Å². The number of carbonyl (C=O) groups excluding carboxylic acids is 1. The lowest BCUT2D eigenvalue weighted by Gasteiger charge is -2.32. The molecule has 1 heterocycles. The van der Waals surface area contributed by atoms with Gasteiger partial charge in [-0.2, -0.15) is 0 Å². The number of aromatic hydroxyl groups is 1. The van der Waals surface area contributed by atoms with E-state index in [0.717, 1.165) is 25.0 Å². The Morgan fingerprint density at radius 3 is 2.81 bits per heavy atom. The molecule has 1 fully saturated rings. The van der Waals surface area contributed by atoms with Crippen molar-refractivity contribution in [3.8, 4) is 5.75 Å². The fourth-order valence-electron chi connectivity index (χ4n) is 2.44. The van der Waals surface area contributed by atoms with Gasteiger partial charge in [0, 0.05) is 24.7 Å². The smallest absolute Gasteiger partial charge is 0.310 e. The number of hydrogen-bond acceptors (Lipinski definition) is 5. The van der Waals surface area contributed by atoms with Crippen molar-refractivity contribution in [2.24, 2.45) is 11.7 Å². The first-order valence-corrected chi connectivity index (χ1v) is 6.49. The Morgan fingerprint density at radius 2 is 2.24 bits per heavy atom. The number of phenolic OH excluding ortho intramolecular Hbond substituents is 1. The second-order valence-electron chi connectivity index (χ2n) is 4.96. The highest BCUT2D eigenvalue weighted by Gasteiger charge is 2.25. The SMILES string of the molecule is Cl.NCC1CCCN(C(=O)c2ccc([N+](=O)[O-])c(O)c2)C1. The zero-order valence-corrected chi connectivity index (χ0v) is 12.2. The van der Waals surface area contributed by atoms with E-state index in [1.54, 1.807) is 4.90 Å². The second-order valence-corrected chi connectivity index (χ2v) is 4.96. The van der Waals surface area contributed by atoms with Crippen molar-refractivity contribution >= 4 is 24.0 Å². The van der Waals surface area contributed by atoms with Gasteiger partial charge in [0.2, 0.25) is 0 Å². The van der Waals surface area contributed by atoms with E-state index in [2.05, 4.69) is 0 Å². The van der Waals surface area contributed by atoms with Gasteiger partial charge in [0.25, 0.3) is 5.91 Å². The van der Waals surface area contributed by atoms with Crippen LogP contribution in [0.4, 0.5) is 5.69 Å². The maximum absolute atomic E-state index is 12.3. The Kier molecular flexibility index (Phi) is 5.92. The number of nitro benzene ring substituents is 1. The summed E-state index contributed by atoms with van der Waals surface area (Å²) in [4.78, 5) is 23.9. The molecule has 0 spiro atoms. The molecule has 8 heteroatoms. The molecule has 7 nitrogen and oxygen atoms in total. The Balaban J connectivity index is 0.00000220. The number of benzene rings is 1. The molecule has 0 bridgehead atoms. The Morgan fingerprint density at radius 1 is 1.52 bits per heavy atom. The highest BCUT2D eigenvalue weighted by molar-refractivity contribution is 5.95. The maximum atomic E-state index is 12.3. The van der Waals surface area contributed by atoms with Gasteiger partial charge in [0.1, 0.15) is 0 Å². The lowest BCUT2D eigenvalue weighted by Crippen LogP contribution is -2.42. The molecule has 1 unspecified atom stereocenters. The zero-order valence-electron chi connectivity index (χ0n) is 11.4. The predicted molar refractivity (Wildman–Crippen MR) is 79.7 cm³/mol. The van der Waals surface area contributed by atoms with Gasteiger partial charge in [0.05, 0.1) is 4.92 Å². The fourth-order valence-corrected chi connectivity index (χ4v) is 2.44. The number of nitrogens with zero attached hydrogens (tertiary/aromatic N) is 2. The number of nitro groups is 1. The number of phenols is 1. The first-order chi connectivity index (χ1) is 9.52. The molecule has 1 atom stereocenters. The molecule has 0 aromatic heterocycles. The monoisotopic (exact) mass is 315 g/mol. The van der Waals surface area contributed by atoms with Crippen LogP contribution in [-0.4, -0.2) is 40.5 Å². The minimum absolute atomic E-state index is 0. The lowest BCUT2D eigenvalue weighted by atomic mass is 9.97. The fraction of sp³-hybridized carbons (Fsp3) is 0.462. The van der Waals surface area contributed by atoms with E-state index >= 15 is 0 Å². The number of rotatable bonds is 3. The van der Waals surface area contributed by atoms with Crippen LogP contribution < -0.4 is 5.73 Å². The summed E-state index contributed by atoms with van der Waals surface area (Å²) in [7, 11) is 0. The molecule has 1 aromatic rings. The van der Waals surface area contributed by atoms with E-state index in [0.29, 0.717) is 25.6 Å². The third kappa shape index (κ3) is 3.83. The minimum atomic E-state index is -0.686. The average molecular weight is 316 g/mol. The summed E-state index contributed by atoms with van der Waals surface area (Å²) in [5.41, 5.74) is 5.48. The van der Waals surface area contributed by atoms with Crippen LogP contribution in [0.2, 0.25) is 0 Å². The van der Waals surface area contributed by atoms with Crippen molar-refractivity contribution in [3.63, 3.8) is 0 Å². The molecule has 0 radical (unpaired) electrons. The lowest BCUT2D eigenvalue weighted by molar-refractivity contribution is -0.385. The first-order valence-electron chi connectivity index (χ1n) is 6.49. The van der Waals surface area contributed by atoms with Crippen LogP contribution in [0, 0.1) is 16.0 Å². The Bertz CT molecular complexity index is 538. The molecule has 0 saturated carbocycles. The Labute approximate surface area is 128 Å². The van der Waals surface area contributed by atoms with Gasteiger partial charge in [-0.3, -0.25) is 14.9 Å². The molecule has 0 aliphatic carbocycles. The molecule has 1 aromatic carbocycles. The van der Waals surface area contributed by atoms with Gasteiger partial charge in [-0.25, -0.2) is 0 Å². The zero-order chi connectivity index (χ0) is 14.7. The van der Waals surface area contributed by atoms with Crippen molar-refractivity contribution in [2.75, 3.05) is 19.6 Å². The molecular weight excluding hydrogens is 298 g/mol. The summed E-state index contributed by atoms with van der Waals surface area (Å²) in [6.07, 6.45) is 1.90. The maximum Gasteiger partial charge on any atom is 0.310 e. The van der Waals surface area contributed by atoms with Crippen molar-refractivity contribution in [3.05, 3.63) is 33.9 Å². The second kappa shape index (κ2) is 7.24. The quantitative estimate of drug-likeness (QED) is 0.649. The molecule has 116 valence electrons. The molecule has 1 saturated heterocycles. The van der Waals surface area contributed by atoms with Crippen LogP contribution >= 0.6 is 12.4 Å². The first kappa shape index (κ1) is 17.2. The number of likely N-dealkylation sites (tertiary alicyclic amines) is 1. The molecule has 1 amide bonds. The van der Waals surface area contributed by atoms with E-state index in [-0.39, 0.29) is 23.9 Å². The molecule has 21 heavy (non-hydrogen) atoms. The standard InChI is InChI=1S/C13H17N3O4.ClH/c14-7-9-2-1-5-15(8-9)13(18)10-3-4-11(16(19)20)12(17)6-10;/h3-4,6,9,17H,1-2,5,7-8,14H2;1H. The predicted octanol–water partition coefficient (Wildman–Crippen LogP) is 1.53. The van der Waals surface area contributed by atoms with Crippen LogP contribution in [0.3, 0.4) is 0 Å². The van der Waals surface area contributed by atoms with Gasteiger partial charge >= 0.3 is 5.69 Å².